The SMILES string of the molecule is Cc1sc2c(c1C)C(c1ccc(Cl)cc1)=N[C@@H](CC(=O)N1CCC(CN3CC4CC(C3)N4c3ccc4c(c3)C(=O)N(C3CCC(=O)NC3=O)C4=O)CC1)c1nnc(C)n1-2. The fourth-order valence-corrected chi connectivity index (χ4v) is 11.4. The van der Waals surface area contributed by atoms with Crippen molar-refractivity contribution in [1.29, 1.82) is 0 Å². The number of carbonyl (C=O) groups is 5. The molecular formula is C43H44ClN9O5S. The van der Waals surface area contributed by atoms with Gasteiger partial charge in [0.1, 0.15) is 22.9 Å². The number of nitrogens with zero attached hydrogens (tertiary/aromatic N) is 8. The quantitative estimate of drug-likeness (QED) is 0.259. The molecule has 4 atom stereocenters. The van der Waals surface area contributed by atoms with Gasteiger partial charge >= 0.3 is 0 Å². The Morgan fingerprint density at radius 1 is 0.915 bits per heavy atom. The summed E-state index contributed by atoms with van der Waals surface area (Å²) in [6.45, 7) is 10.4. The number of halogens is 1. The molecule has 2 bridgehead atoms. The zero-order chi connectivity index (χ0) is 40.9. The monoisotopic (exact) mass is 833 g/mol. The number of hydrogen-bond acceptors (Lipinski definition) is 11. The minimum Gasteiger partial charge on any atom is -0.363 e. The van der Waals surface area contributed by atoms with Crippen molar-refractivity contribution in [1.82, 2.24) is 34.8 Å². The van der Waals surface area contributed by atoms with E-state index in [0.29, 0.717) is 53.1 Å². The summed E-state index contributed by atoms with van der Waals surface area (Å²) in [5, 5.41) is 13.0. The largest absolute Gasteiger partial charge is 0.363 e. The van der Waals surface area contributed by atoms with Gasteiger partial charge in [0.05, 0.1) is 23.3 Å². The van der Waals surface area contributed by atoms with Crippen LogP contribution in [0.15, 0.2) is 47.5 Å². The number of amides is 5. The summed E-state index contributed by atoms with van der Waals surface area (Å²) in [6.07, 6.45) is 3.36. The molecule has 5 saturated heterocycles. The van der Waals surface area contributed by atoms with E-state index in [1.165, 1.54) is 4.88 Å². The molecule has 16 heteroatoms. The molecule has 4 aromatic rings. The number of carbonyl (C=O) groups excluding carboxylic acids is 5. The smallest absolute Gasteiger partial charge is 0.262 e. The molecule has 2 aromatic carbocycles. The zero-order valence-corrected chi connectivity index (χ0v) is 34.7. The maximum absolute atomic E-state index is 14.1. The van der Waals surface area contributed by atoms with Crippen LogP contribution >= 0.6 is 22.9 Å². The summed E-state index contributed by atoms with van der Waals surface area (Å²) in [6, 6.07) is 12.3. The molecule has 304 valence electrons. The summed E-state index contributed by atoms with van der Waals surface area (Å²) in [4.78, 5) is 79.4. The maximum atomic E-state index is 14.1. The van der Waals surface area contributed by atoms with Crippen molar-refractivity contribution in [3.8, 4) is 5.00 Å². The molecule has 7 aliphatic rings. The van der Waals surface area contributed by atoms with E-state index in [4.69, 9.17) is 16.6 Å². The van der Waals surface area contributed by atoms with Crippen LogP contribution in [0.2, 0.25) is 5.02 Å². The molecule has 2 aromatic heterocycles. The number of hydrogen-bond donors (Lipinski definition) is 1. The number of rotatable bonds is 7. The van der Waals surface area contributed by atoms with Crippen LogP contribution in [0.4, 0.5) is 5.69 Å². The Kier molecular flexibility index (Phi) is 9.33. The first-order valence-electron chi connectivity index (χ1n) is 20.4. The van der Waals surface area contributed by atoms with E-state index < -0.39 is 35.7 Å². The van der Waals surface area contributed by atoms with Crippen LogP contribution in [0.5, 0.6) is 0 Å². The third-order valence-corrected chi connectivity index (χ3v) is 14.6. The lowest BCUT2D eigenvalue weighted by atomic mass is 9.85. The maximum Gasteiger partial charge on any atom is 0.262 e. The number of piperazine rings is 1. The number of likely N-dealkylation sites (tertiary alicyclic amines) is 1. The highest BCUT2D eigenvalue weighted by Gasteiger charge is 2.48. The Morgan fingerprint density at radius 2 is 1.64 bits per heavy atom. The average Bonchev–Trinajstić information content (AvgIpc) is 3.79. The second-order valence-electron chi connectivity index (χ2n) is 16.8. The van der Waals surface area contributed by atoms with E-state index in [1.807, 2.05) is 42.2 Å². The Hall–Kier alpha value is -5.25. The van der Waals surface area contributed by atoms with Crippen molar-refractivity contribution >= 4 is 63.9 Å². The summed E-state index contributed by atoms with van der Waals surface area (Å²) >= 11 is 7.98. The van der Waals surface area contributed by atoms with Gasteiger partial charge in [0, 0.05) is 77.9 Å². The van der Waals surface area contributed by atoms with Gasteiger partial charge in [-0.3, -0.25) is 48.6 Å². The number of imide groups is 2. The lowest BCUT2D eigenvalue weighted by molar-refractivity contribution is -0.136. The number of aryl methyl sites for hydroxylation is 2. The van der Waals surface area contributed by atoms with Gasteiger partial charge in [0.15, 0.2) is 5.82 Å². The molecule has 5 fully saturated rings. The average molecular weight is 834 g/mol. The van der Waals surface area contributed by atoms with Gasteiger partial charge in [-0.1, -0.05) is 23.7 Å². The Balaban J connectivity index is 0.773. The van der Waals surface area contributed by atoms with Crippen LogP contribution in [-0.4, -0.2) is 116 Å². The Labute approximate surface area is 350 Å². The topological polar surface area (TPSA) is 153 Å². The van der Waals surface area contributed by atoms with Crippen molar-refractivity contribution in [2.24, 2.45) is 10.9 Å². The van der Waals surface area contributed by atoms with Crippen LogP contribution in [0.25, 0.3) is 5.00 Å². The van der Waals surface area contributed by atoms with E-state index in [2.05, 4.69) is 43.7 Å². The van der Waals surface area contributed by atoms with Crippen LogP contribution < -0.4 is 10.2 Å². The number of aliphatic imine (C=N–C) groups is 1. The fourth-order valence-electron chi connectivity index (χ4n) is 10.0. The molecule has 0 saturated carbocycles. The predicted octanol–water partition coefficient (Wildman–Crippen LogP) is 4.79. The van der Waals surface area contributed by atoms with E-state index in [9.17, 15) is 24.0 Å². The van der Waals surface area contributed by atoms with Crippen molar-refractivity contribution in [2.45, 2.75) is 83.5 Å². The van der Waals surface area contributed by atoms with Crippen LogP contribution in [0.3, 0.4) is 0 Å². The van der Waals surface area contributed by atoms with E-state index >= 15 is 0 Å². The van der Waals surface area contributed by atoms with Gasteiger partial charge in [0.2, 0.25) is 17.7 Å². The molecular weight excluding hydrogens is 790 g/mol. The number of piperidine rings is 3. The minimum atomic E-state index is -0.980. The lowest BCUT2D eigenvalue weighted by Crippen LogP contribution is -2.69. The number of thiophene rings is 1. The van der Waals surface area contributed by atoms with Gasteiger partial charge in [-0.15, -0.1) is 21.5 Å². The predicted molar refractivity (Wildman–Crippen MR) is 221 cm³/mol. The van der Waals surface area contributed by atoms with Gasteiger partial charge in [0.25, 0.3) is 11.8 Å². The molecule has 1 N–H and O–H groups in total. The summed E-state index contributed by atoms with van der Waals surface area (Å²) in [5.41, 5.74) is 5.51. The number of aromatic nitrogens is 3. The Bertz CT molecular complexity index is 2480. The molecule has 0 aliphatic carbocycles. The highest BCUT2D eigenvalue weighted by Crippen LogP contribution is 2.42. The van der Waals surface area contributed by atoms with Crippen LogP contribution in [0, 0.1) is 26.7 Å². The Morgan fingerprint density at radius 3 is 2.37 bits per heavy atom. The standard InChI is InChI=1S/C43H44ClN9O5S/c1-22-23(2)59-43-37(22)38(26-4-6-27(44)7-5-26)45-33(39-48-47-24(3)51(39)43)18-36(55)50-14-12-25(13-15-50)19-49-20-29-16-30(21-49)52(29)28-8-9-31-32(17-28)42(58)53(41(31)57)34-10-11-35(54)46-40(34)56/h4-9,17,25,29-30,33-34H,10-16,18-21H2,1-3H3,(H,46,54,56)/t29?,30?,33-,34?/m0/s1. The van der Waals surface area contributed by atoms with Gasteiger partial charge in [-0.05, 0) is 88.3 Å². The first kappa shape index (κ1) is 38.0. The normalized spacial score (nSPS) is 24.3. The van der Waals surface area contributed by atoms with Crippen LogP contribution in [-0.2, 0) is 14.4 Å². The van der Waals surface area contributed by atoms with Crippen molar-refractivity contribution < 1.29 is 24.0 Å². The molecule has 9 heterocycles. The summed E-state index contributed by atoms with van der Waals surface area (Å²) in [5.74, 6) is 0.0303. The van der Waals surface area contributed by atoms with Crippen LogP contribution in [0.1, 0.15) is 98.5 Å². The molecule has 0 spiro atoms. The summed E-state index contributed by atoms with van der Waals surface area (Å²) < 4.78 is 2.09. The molecule has 59 heavy (non-hydrogen) atoms. The number of fused-ring (bicyclic) bond motifs is 6. The third kappa shape index (κ3) is 6.40. The molecule has 11 rings (SSSR count). The first-order chi connectivity index (χ1) is 28.4. The fraction of sp³-hybridized carbons (Fsp3) is 0.442. The van der Waals surface area contributed by atoms with E-state index in [0.717, 1.165) is 82.7 Å². The van der Waals surface area contributed by atoms with Crippen molar-refractivity contribution in [3.05, 3.63) is 91.8 Å². The molecule has 3 unspecified atom stereocenters. The van der Waals surface area contributed by atoms with Gasteiger partial charge < -0.3 is 9.80 Å². The highest BCUT2D eigenvalue weighted by molar-refractivity contribution is 7.15. The van der Waals surface area contributed by atoms with Gasteiger partial charge in [-0.2, -0.15) is 0 Å². The number of nitrogens with one attached hydrogen (secondary N) is 1. The number of benzene rings is 2. The summed E-state index contributed by atoms with van der Waals surface area (Å²) in [7, 11) is 0. The lowest BCUT2D eigenvalue weighted by Gasteiger charge is -2.58. The molecule has 7 aliphatic heterocycles. The third-order valence-electron chi connectivity index (χ3n) is 13.2. The van der Waals surface area contributed by atoms with Gasteiger partial charge in [-0.25, -0.2) is 0 Å². The second-order valence-corrected chi connectivity index (χ2v) is 18.4. The zero-order valence-electron chi connectivity index (χ0n) is 33.1. The number of anilines is 1. The molecule has 5 amide bonds. The molecule has 0 radical (unpaired) electrons. The first-order valence-corrected chi connectivity index (χ1v) is 21.6. The van der Waals surface area contributed by atoms with Crippen molar-refractivity contribution in [3.63, 3.8) is 0 Å². The van der Waals surface area contributed by atoms with E-state index in [-0.39, 0.29) is 25.2 Å². The minimum absolute atomic E-state index is 0.0719. The van der Waals surface area contributed by atoms with Crippen molar-refractivity contribution in [2.75, 3.05) is 37.6 Å². The second kappa shape index (κ2) is 14.5. The highest BCUT2D eigenvalue weighted by atomic mass is 35.5. The van der Waals surface area contributed by atoms with E-state index in [1.54, 1.807) is 23.5 Å². The molecule has 14 nitrogen and oxygen atoms in total.